The highest BCUT2D eigenvalue weighted by atomic mass is 16.3. The van der Waals surface area contributed by atoms with Crippen LogP contribution in [0.2, 0.25) is 0 Å². The Morgan fingerprint density at radius 1 is 1.30 bits per heavy atom. The van der Waals surface area contributed by atoms with Crippen LogP contribution in [-0.2, 0) is 4.79 Å². The summed E-state index contributed by atoms with van der Waals surface area (Å²) in [7, 11) is 0. The van der Waals surface area contributed by atoms with Crippen LogP contribution in [0.25, 0.3) is 0 Å². The minimum atomic E-state index is -0.654. The van der Waals surface area contributed by atoms with Crippen molar-refractivity contribution in [2.45, 2.75) is 96.2 Å². The molecule has 172 valence electrons. The van der Waals surface area contributed by atoms with E-state index in [0.717, 1.165) is 51.4 Å². The van der Waals surface area contributed by atoms with Crippen molar-refractivity contribution in [3.63, 3.8) is 0 Å². The lowest BCUT2D eigenvalue weighted by molar-refractivity contribution is -0.121. The van der Waals surface area contributed by atoms with E-state index in [1.165, 1.54) is 5.57 Å². The summed E-state index contributed by atoms with van der Waals surface area (Å²) >= 11 is 0. The first kappa shape index (κ1) is 25.1. The summed E-state index contributed by atoms with van der Waals surface area (Å²) in [6.45, 7) is 4.71. The summed E-state index contributed by atoms with van der Waals surface area (Å²) in [5.41, 5.74) is 0.824. The van der Waals surface area contributed by atoms with Crippen molar-refractivity contribution in [2.75, 3.05) is 13.2 Å². The van der Waals surface area contributed by atoms with Gasteiger partial charge in [-0.05, 0) is 70.1 Å². The van der Waals surface area contributed by atoms with E-state index in [2.05, 4.69) is 30.5 Å². The second kappa shape index (κ2) is 12.6. The number of rotatable bonds is 14. The number of unbranched alkanes of at least 4 members (excludes halogenated alkanes) is 2. The fraction of sp³-hybridized carbons (Fsp3) is 0.800. The molecule has 30 heavy (non-hydrogen) atoms. The molecule has 4 N–H and O–H groups in total. The van der Waals surface area contributed by atoms with Gasteiger partial charge in [0.15, 0.2) is 0 Å². The second-order valence-electron chi connectivity index (χ2n) is 9.60. The fourth-order valence-corrected chi connectivity index (χ4v) is 4.96. The van der Waals surface area contributed by atoms with E-state index < -0.39 is 5.60 Å². The van der Waals surface area contributed by atoms with Crippen LogP contribution in [0.15, 0.2) is 23.8 Å². The molecule has 5 heteroatoms. The van der Waals surface area contributed by atoms with Gasteiger partial charge in [-0.3, -0.25) is 4.79 Å². The zero-order valence-corrected chi connectivity index (χ0v) is 19.0. The number of carbonyl (C=O) groups is 1. The highest BCUT2D eigenvalue weighted by molar-refractivity contribution is 5.75. The lowest BCUT2D eigenvalue weighted by Gasteiger charge is -2.22. The minimum Gasteiger partial charge on any atom is -0.396 e. The van der Waals surface area contributed by atoms with Gasteiger partial charge >= 0.3 is 0 Å². The lowest BCUT2D eigenvalue weighted by atomic mass is 9.87. The average Bonchev–Trinajstić information content (AvgIpc) is 3.21. The summed E-state index contributed by atoms with van der Waals surface area (Å²) in [5, 5.41) is 32.6. The number of carbonyl (C=O) groups excluding carboxylic acids is 1. The summed E-state index contributed by atoms with van der Waals surface area (Å²) in [6, 6.07) is 0. The van der Waals surface area contributed by atoms with Gasteiger partial charge in [0.25, 0.3) is 0 Å². The molecule has 2 rings (SSSR count). The molecule has 0 unspecified atom stereocenters. The molecule has 0 radical (unpaired) electrons. The molecule has 5 nitrogen and oxygen atoms in total. The second-order valence-corrected chi connectivity index (χ2v) is 9.60. The van der Waals surface area contributed by atoms with Gasteiger partial charge in [-0.2, -0.15) is 0 Å². The maximum Gasteiger partial charge on any atom is 0.219 e. The zero-order valence-electron chi connectivity index (χ0n) is 19.0. The normalized spacial score (nSPS) is 27.8. The van der Waals surface area contributed by atoms with Crippen LogP contribution < -0.4 is 5.32 Å². The number of amides is 1. The van der Waals surface area contributed by atoms with Gasteiger partial charge in [0, 0.05) is 25.5 Å². The monoisotopic (exact) mass is 421 g/mol. The van der Waals surface area contributed by atoms with E-state index >= 15 is 0 Å². The third-order valence-corrected chi connectivity index (χ3v) is 6.74. The van der Waals surface area contributed by atoms with Gasteiger partial charge in [-0.1, -0.05) is 43.6 Å². The number of nitrogens with one attached hydrogen (secondary N) is 1. The van der Waals surface area contributed by atoms with Crippen molar-refractivity contribution in [2.24, 2.45) is 17.8 Å². The lowest BCUT2D eigenvalue weighted by Crippen LogP contribution is -2.24. The SMILES string of the molecule is CCCC[C@](C)(O)C/C=C/[C@@H]1[C@H]2CC(CCCCC(=O)NCCCO)=C[C@H]2C[C@H]1O. The smallest absolute Gasteiger partial charge is 0.219 e. The molecule has 2 aliphatic rings. The highest BCUT2D eigenvalue weighted by Crippen LogP contribution is 2.48. The average molecular weight is 422 g/mol. The molecule has 1 fully saturated rings. The Labute approximate surface area is 182 Å². The molecule has 1 saturated carbocycles. The Morgan fingerprint density at radius 3 is 2.83 bits per heavy atom. The summed E-state index contributed by atoms with van der Waals surface area (Å²) in [4.78, 5) is 11.7. The van der Waals surface area contributed by atoms with Gasteiger partial charge in [0.2, 0.25) is 5.91 Å². The van der Waals surface area contributed by atoms with E-state index in [4.69, 9.17) is 5.11 Å². The van der Waals surface area contributed by atoms with E-state index in [1.807, 2.05) is 6.92 Å². The summed E-state index contributed by atoms with van der Waals surface area (Å²) < 4.78 is 0. The maximum atomic E-state index is 11.7. The highest BCUT2D eigenvalue weighted by Gasteiger charge is 2.43. The van der Waals surface area contributed by atoms with Crippen molar-refractivity contribution in [1.82, 2.24) is 5.32 Å². The Hall–Kier alpha value is -1.17. The van der Waals surface area contributed by atoms with E-state index in [-0.39, 0.29) is 24.5 Å². The number of aliphatic hydroxyl groups excluding tert-OH is 2. The predicted molar refractivity (Wildman–Crippen MR) is 121 cm³/mol. The van der Waals surface area contributed by atoms with Gasteiger partial charge < -0.3 is 20.6 Å². The van der Waals surface area contributed by atoms with Crippen molar-refractivity contribution >= 4 is 5.91 Å². The first-order valence-corrected chi connectivity index (χ1v) is 12.0. The van der Waals surface area contributed by atoms with Gasteiger partial charge in [0.1, 0.15) is 0 Å². The Balaban J connectivity index is 1.71. The van der Waals surface area contributed by atoms with Gasteiger partial charge in [0.05, 0.1) is 11.7 Å². The molecule has 0 aromatic heterocycles. The van der Waals surface area contributed by atoms with Crippen LogP contribution in [0.4, 0.5) is 0 Å². The molecule has 2 aliphatic carbocycles. The summed E-state index contributed by atoms with van der Waals surface area (Å²) in [6.07, 6.45) is 15.9. The van der Waals surface area contributed by atoms with Gasteiger partial charge in [-0.25, -0.2) is 0 Å². The van der Waals surface area contributed by atoms with Crippen LogP contribution in [0.1, 0.15) is 84.5 Å². The van der Waals surface area contributed by atoms with Crippen molar-refractivity contribution < 1.29 is 20.1 Å². The van der Waals surface area contributed by atoms with E-state index in [1.54, 1.807) is 0 Å². The molecule has 0 aromatic carbocycles. The van der Waals surface area contributed by atoms with Crippen molar-refractivity contribution in [3.05, 3.63) is 23.8 Å². The van der Waals surface area contributed by atoms with Crippen LogP contribution in [-0.4, -0.2) is 46.1 Å². The zero-order chi connectivity index (χ0) is 22.0. The van der Waals surface area contributed by atoms with E-state index in [0.29, 0.717) is 37.6 Å². The van der Waals surface area contributed by atoms with Crippen molar-refractivity contribution in [1.29, 1.82) is 0 Å². The Kier molecular flexibility index (Phi) is 10.6. The van der Waals surface area contributed by atoms with E-state index in [9.17, 15) is 15.0 Å². The van der Waals surface area contributed by atoms with Crippen LogP contribution >= 0.6 is 0 Å². The molecule has 5 atom stereocenters. The molecule has 0 aliphatic heterocycles. The van der Waals surface area contributed by atoms with Crippen molar-refractivity contribution in [3.8, 4) is 0 Å². The first-order valence-electron chi connectivity index (χ1n) is 12.0. The molecular weight excluding hydrogens is 378 g/mol. The molecule has 0 heterocycles. The standard InChI is InChI=1S/C25H43NO4/c1-3-4-12-25(2,30)13-7-10-21-22-17-19(16-20(22)18-23(21)28)9-5-6-11-24(29)26-14-8-15-27/h7,10,16,20-23,27-28,30H,3-6,8-9,11-15,17-18H2,1-2H3,(H,26,29)/b10-7+/t20-,21+,22-,23+,25-/m0/s1. The Morgan fingerprint density at radius 2 is 2.10 bits per heavy atom. The van der Waals surface area contributed by atoms with Gasteiger partial charge in [-0.15, -0.1) is 0 Å². The number of allylic oxidation sites excluding steroid dienone is 2. The molecule has 1 amide bonds. The predicted octanol–water partition coefficient (Wildman–Crippen LogP) is 3.88. The quantitative estimate of drug-likeness (QED) is 0.253. The largest absolute Gasteiger partial charge is 0.396 e. The first-order chi connectivity index (χ1) is 14.4. The number of fused-ring (bicyclic) bond motifs is 1. The molecule has 0 bridgehead atoms. The molecule has 0 spiro atoms. The Bertz CT molecular complexity index is 584. The maximum absolute atomic E-state index is 11.7. The topological polar surface area (TPSA) is 89.8 Å². The summed E-state index contributed by atoms with van der Waals surface area (Å²) in [5.74, 6) is 1.20. The third kappa shape index (κ3) is 8.16. The third-order valence-electron chi connectivity index (χ3n) is 6.74. The molecular formula is C25H43NO4. The number of hydrogen-bond acceptors (Lipinski definition) is 4. The molecule has 0 saturated heterocycles. The molecule has 0 aromatic rings. The fourth-order valence-electron chi connectivity index (χ4n) is 4.96. The van der Waals surface area contributed by atoms with Crippen LogP contribution in [0.3, 0.4) is 0 Å². The number of hydrogen-bond donors (Lipinski definition) is 4. The number of aliphatic hydroxyl groups is 3. The van der Waals surface area contributed by atoms with Crippen LogP contribution in [0, 0.1) is 17.8 Å². The van der Waals surface area contributed by atoms with Crippen LogP contribution in [0.5, 0.6) is 0 Å². The minimum absolute atomic E-state index is 0.0730.